The zero-order chi connectivity index (χ0) is 21.4. The SMILES string of the molecule is Cc1nc2cc(C(=O)N3CCCC(c4cccc(-c5cccc(Cl)c5)n4)C3)ccc2s1. The number of hydrogen-bond acceptors (Lipinski definition) is 4. The highest BCUT2D eigenvalue weighted by Crippen LogP contribution is 2.30. The van der Waals surface area contributed by atoms with Gasteiger partial charge in [0.1, 0.15) is 0 Å². The number of aromatic nitrogens is 2. The van der Waals surface area contributed by atoms with Gasteiger partial charge >= 0.3 is 0 Å². The van der Waals surface area contributed by atoms with Gasteiger partial charge in [0, 0.05) is 40.9 Å². The Balaban J connectivity index is 1.37. The Kier molecular flexibility index (Phi) is 5.47. The lowest BCUT2D eigenvalue weighted by molar-refractivity contribution is 0.0706. The number of piperidine rings is 1. The van der Waals surface area contributed by atoms with Crippen LogP contribution in [-0.2, 0) is 0 Å². The summed E-state index contributed by atoms with van der Waals surface area (Å²) in [5.74, 6) is 0.297. The molecule has 1 aliphatic rings. The molecule has 2 aromatic carbocycles. The average Bonchev–Trinajstić information content (AvgIpc) is 3.18. The standard InChI is InChI=1S/C25H22ClN3OS/c1-16-27-23-14-18(10-11-24(23)31-16)25(30)29-12-4-6-19(15-29)22-9-3-8-21(28-22)17-5-2-7-20(26)13-17/h2-3,5,7-11,13-14,19H,4,6,12,15H2,1H3. The van der Waals surface area contributed by atoms with E-state index in [2.05, 4.69) is 11.1 Å². The molecule has 156 valence electrons. The molecule has 2 aromatic heterocycles. The maximum Gasteiger partial charge on any atom is 0.253 e. The van der Waals surface area contributed by atoms with E-state index in [0.29, 0.717) is 17.1 Å². The molecule has 1 fully saturated rings. The number of thiazole rings is 1. The van der Waals surface area contributed by atoms with Crippen LogP contribution in [0.5, 0.6) is 0 Å². The van der Waals surface area contributed by atoms with Crippen molar-refractivity contribution in [2.24, 2.45) is 0 Å². The fourth-order valence-electron chi connectivity index (χ4n) is 4.25. The molecule has 1 amide bonds. The first kappa shape index (κ1) is 20.2. The predicted octanol–water partition coefficient (Wildman–Crippen LogP) is 6.34. The van der Waals surface area contributed by atoms with Crippen molar-refractivity contribution in [3.8, 4) is 11.3 Å². The summed E-state index contributed by atoms with van der Waals surface area (Å²) in [6, 6.07) is 19.7. The van der Waals surface area contributed by atoms with Crippen LogP contribution in [0.15, 0.2) is 60.7 Å². The normalized spacial score (nSPS) is 16.6. The number of amides is 1. The lowest BCUT2D eigenvalue weighted by atomic mass is 9.93. The lowest BCUT2D eigenvalue weighted by Crippen LogP contribution is -2.39. The van der Waals surface area contributed by atoms with Crippen molar-refractivity contribution in [2.75, 3.05) is 13.1 Å². The third-order valence-corrected chi connectivity index (χ3v) is 6.95. The second kappa shape index (κ2) is 8.40. The van der Waals surface area contributed by atoms with Crippen LogP contribution in [0, 0.1) is 6.92 Å². The molecule has 0 spiro atoms. The largest absolute Gasteiger partial charge is 0.338 e. The number of aryl methyl sites for hydroxylation is 1. The number of fused-ring (bicyclic) bond motifs is 1. The van der Waals surface area contributed by atoms with Crippen LogP contribution < -0.4 is 0 Å². The van der Waals surface area contributed by atoms with E-state index in [1.165, 1.54) is 0 Å². The van der Waals surface area contributed by atoms with E-state index < -0.39 is 0 Å². The average molecular weight is 448 g/mol. The van der Waals surface area contributed by atoms with Crippen molar-refractivity contribution in [1.29, 1.82) is 0 Å². The molecule has 1 unspecified atom stereocenters. The summed E-state index contributed by atoms with van der Waals surface area (Å²) in [7, 11) is 0. The topological polar surface area (TPSA) is 46.1 Å². The van der Waals surface area contributed by atoms with E-state index in [4.69, 9.17) is 16.6 Å². The third kappa shape index (κ3) is 4.21. The Bertz CT molecular complexity index is 1270. The van der Waals surface area contributed by atoms with Crippen molar-refractivity contribution in [2.45, 2.75) is 25.7 Å². The van der Waals surface area contributed by atoms with Crippen molar-refractivity contribution < 1.29 is 4.79 Å². The van der Waals surface area contributed by atoms with Gasteiger partial charge < -0.3 is 4.90 Å². The highest BCUT2D eigenvalue weighted by Gasteiger charge is 2.26. The number of nitrogens with zero attached hydrogens (tertiary/aromatic N) is 3. The maximum absolute atomic E-state index is 13.2. The van der Waals surface area contributed by atoms with Crippen molar-refractivity contribution in [1.82, 2.24) is 14.9 Å². The second-order valence-corrected chi connectivity index (χ2v) is 9.63. The minimum absolute atomic E-state index is 0.0725. The summed E-state index contributed by atoms with van der Waals surface area (Å²) < 4.78 is 1.12. The third-order valence-electron chi connectivity index (χ3n) is 5.76. The van der Waals surface area contributed by atoms with Gasteiger partial charge in [0.15, 0.2) is 0 Å². The van der Waals surface area contributed by atoms with Crippen LogP contribution >= 0.6 is 22.9 Å². The fraction of sp³-hybridized carbons (Fsp3) is 0.240. The first-order chi connectivity index (χ1) is 15.1. The van der Waals surface area contributed by atoms with E-state index in [-0.39, 0.29) is 11.8 Å². The first-order valence-electron chi connectivity index (χ1n) is 10.5. The quantitative estimate of drug-likeness (QED) is 0.368. The smallest absolute Gasteiger partial charge is 0.253 e. The van der Waals surface area contributed by atoms with Crippen LogP contribution in [0.2, 0.25) is 5.02 Å². The van der Waals surface area contributed by atoms with Gasteiger partial charge in [-0.15, -0.1) is 11.3 Å². The molecule has 1 saturated heterocycles. The second-order valence-electron chi connectivity index (χ2n) is 7.96. The lowest BCUT2D eigenvalue weighted by Gasteiger charge is -2.32. The summed E-state index contributed by atoms with van der Waals surface area (Å²) in [5.41, 5.74) is 4.55. The van der Waals surface area contributed by atoms with Gasteiger partial charge in [0.2, 0.25) is 0 Å². The number of carbonyl (C=O) groups excluding carboxylic acids is 1. The molecule has 0 N–H and O–H groups in total. The number of hydrogen-bond donors (Lipinski definition) is 0. The van der Waals surface area contributed by atoms with Crippen LogP contribution in [0.4, 0.5) is 0 Å². The summed E-state index contributed by atoms with van der Waals surface area (Å²) in [6.07, 6.45) is 2.00. The van der Waals surface area contributed by atoms with Gasteiger partial charge in [-0.2, -0.15) is 0 Å². The van der Waals surface area contributed by atoms with E-state index in [0.717, 1.165) is 51.6 Å². The zero-order valence-electron chi connectivity index (χ0n) is 17.2. The van der Waals surface area contributed by atoms with Crippen LogP contribution in [0.1, 0.15) is 39.8 Å². The van der Waals surface area contributed by atoms with Gasteiger partial charge in [-0.05, 0) is 62.2 Å². The fourth-order valence-corrected chi connectivity index (χ4v) is 5.25. The molecule has 0 saturated carbocycles. The highest BCUT2D eigenvalue weighted by molar-refractivity contribution is 7.18. The van der Waals surface area contributed by atoms with E-state index in [1.54, 1.807) is 11.3 Å². The monoisotopic (exact) mass is 447 g/mol. The molecule has 1 atom stereocenters. The summed E-state index contributed by atoms with van der Waals surface area (Å²) >= 11 is 7.81. The maximum atomic E-state index is 13.2. The number of pyridine rings is 1. The Morgan fingerprint density at radius 2 is 1.97 bits per heavy atom. The van der Waals surface area contributed by atoms with Crippen LogP contribution in [0.25, 0.3) is 21.5 Å². The van der Waals surface area contributed by atoms with E-state index in [1.807, 2.05) is 66.4 Å². The van der Waals surface area contributed by atoms with Gasteiger partial charge in [-0.25, -0.2) is 4.98 Å². The predicted molar refractivity (Wildman–Crippen MR) is 127 cm³/mol. The molecule has 5 rings (SSSR count). The molecule has 4 aromatic rings. The van der Waals surface area contributed by atoms with Crippen LogP contribution in [-0.4, -0.2) is 33.9 Å². The van der Waals surface area contributed by atoms with Crippen molar-refractivity contribution in [3.63, 3.8) is 0 Å². The first-order valence-corrected chi connectivity index (χ1v) is 11.7. The molecule has 0 bridgehead atoms. The summed E-state index contributed by atoms with van der Waals surface area (Å²) in [6.45, 7) is 3.45. The molecule has 3 heterocycles. The van der Waals surface area contributed by atoms with Gasteiger partial charge in [0.05, 0.1) is 20.9 Å². The summed E-state index contributed by atoms with van der Waals surface area (Å²) in [4.78, 5) is 24.6. The Hall–Kier alpha value is -2.76. The number of likely N-dealkylation sites (tertiary alicyclic amines) is 1. The Labute approximate surface area is 190 Å². The van der Waals surface area contributed by atoms with Gasteiger partial charge in [-0.3, -0.25) is 9.78 Å². The number of halogens is 1. The van der Waals surface area contributed by atoms with E-state index >= 15 is 0 Å². The highest BCUT2D eigenvalue weighted by atomic mass is 35.5. The summed E-state index contributed by atoms with van der Waals surface area (Å²) in [5, 5.41) is 1.72. The molecule has 6 heteroatoms. The number of carbonyl (C=O) groups is 1. The Morgan fingerprint density at radius 1 is 1.10 bits per heavy atom. The Morgan fingerprint density at radius 3 is 2.84 bits per heavy atom. The molecule has 31 heavy (non-hydrogen) atoms. The van der Waals surface area contributed by atoms with Crippen molar-refractivity contribution >= 4 is 39.1 Å². The van der Waals surface area contributed by atoms with E-state index in [9.17, 15) is 4.79 Å². The minimum atomic E-state index is 0.0725. The van der Waals surface area contributed by atoms with Crippen LogP contribution in [0.3, 0.4) is 0 Å². The number of benzene rings is 2. The molecular weight excluding hydrogens is 426 g/mol. The minimum Gasteiger partial charge on any atom is -0.338 e. The molecule has 1 aliphatic heterocycles. The molecule has 0 aliphatic carbocycles. The molecule has 4 nitrogen and oxygen atoms in total. The van der Waals surface area contributed by atoms with Gasteiger partial charge in [-0.1, -0.05) is 29.8 Å². The molecule has 0 radical (unpaired) electrons. The number of rotatable bonds is 3. The molecular formula is C25H22ClN3OS. The van der Waals surface area contributed by atoms with Gasteiger partial charge in [0.25, 0.3) is 5.91 Å². The van der Waals surface area contributed by atoms with Crippen molar-refractivity contribution in [3.05, 3.63) is 82.0 Å². The zero-order valence-corrected chi connectivity index (χ0v) is 18.8.